The van der Waals surface area contributed by atoms with E-state index in [-0.39, 0.29) is 6.61 Å². The number of hydrogen-bond acceptors (Lipinski definition) is 3. The average Bonchev–Trinajstić information content (AvgIpc) is 3.18. The topological polar surface area (TPSA) is 64.4 Å². The molecular formula is C27H31ClN2O3. The first-order valence-corrected chi connectivity index (χ1v) is 12.1. The van der Waals surface area contributed by atoms with Gasteiger partial charge in [-0.2, -0.15) is 5.10 Å². The van der Waals surface area contributed by atoms with Crippen molar-refractivity contribution < 1.29 is 14.6 Å². The summed E-state index contributed by atoms with van der Waals surface area (Å²) < 4.78 is 7.54. The largest absolute Gasteiger partial charge is 0.480 e. The van der Waals surface area contributed by atoms with Crippen LogP contribution < -0.4 is 0 Å². The molecule has 0 spiro atoms. The Labute approximate surface area is 200 Å². The number of aromatic nitrogens is 2. The Morgan fingerprint density at radius 2 is 1.76 bits per heavy atom. The molecular weight excluding hydrogens is 436 g/mol. The molecule has 0 radical (unpaired) electrons. The smallest absolute Gasteiger partial charge is 0.329 e. The Kier molecular flexibility index (Phi) is 7.84. The van der Waals surface area contributed by atoms with Crippen molar-refractivity contribution in [3.05, 3.63) is 65.3 Å². The third-order valence-corrected chi connectivity index (χ3v) is 6.76. The lowest BCUT2D eigenvalue weighted by molar-refractivity contribution is -0.142. The molecule has 3 aromatic rings. The van der Waals surface area contributed by atoms with Crippen molar-refractivity contribution in [2.75, 3.05) is 13.2 Å². The molecule has 1 saturated carbocycles. The first-order valence-electron chi connectivity index (χ1n) is 11.8. The average molecular weight is 467 g/mol. The SMILES string of the molecule is CCc1c(-c2cccc(Cl)c2)c(-c2ccccc2)nn1C[C@H]1CC[C@H](COCC(=O)O)CC1. The molecule has 2 aromatic carbocycles. The fourth-order valence-electron chi connectivity index (χ4n) is 4.89. The van der Waals surface area contributed by atoms with E-state index in [9.17, 15) is 4.79 Å². The van der Waals surface area contributed by atoms with Crippen LogP contribution in [0.4, 0.5) is 0 Å². The third-order valence-electron chi connectivity index (χ3n) is 6.53. The molecule has 1 fully saturated rings. The number of carboxylic acid groups (broad SMARTS) is 1. The fourth-order valence-corrected chi connectivity index (χ4v) is 5.08. The third kappa shape index (κ3) is 5.84. The molecule has 0 atom stereocenters. The summed E-state index contributed by atoms with van der Waals surface area (Å²) in [6.45, 7) is 3.42. The zero-order valence-electron chi connectivity index (χ0n) is 19.0. The Hall–Kier alpha value is -2.63. The zero-order chi connectivity index (χ0) is 23.2. The summed E-state index contributed by atoms with van der Waals surface area (Å²) in [5.74, 6) is 0.103. The number of carboxylic acids is 1. The van der Waals surface area contributed by atoms with Crippen molar-refractivity contribution in [1.82, 2.24) is 9.78 Å². The molecule has 1 N–H and O–H groups in total. The van der Waals surface area contributed by atoms with Crippen molar-refractivity contribution in [3.8, 4) is 22.4 Å². The lowest BCUT2D eigenvalue weighted by atomic mass is 9.82. The molecule has 0 saturated heterocycles. The molecule has 6 heteroatoms. The van der Waals surface area contributed by atoms with Crippen LogP contribution in [0.5, 0.6) is 0 Å². The van der Waals surface area contributed by atoms with Crippen molar-refractivity contribution in [1.29, 1.82) is 0 Å². The van der Waals surface area contributed by atoms with Gasteiger partial charge in [0, 0.05) is 28.4 Å². The van der Waals surface area contributed by atoms with E-state index in [1.54, 1.807) is 0 Å². The predicted octanol–water partition coefficient (Wildman–Crippen LogP) is 6.34. The molecule has 1 heterocycles. The van der Waals surface area contributed by atoms with Gasteiger partial charge in [0.05, 0.1) is 6.61 Å². The van der Waals surface area contributed by atoms with E-state index >= 15 is 0 Å². The van der Waals surface area contributed by atoms with E-state index in [0.29, 0.717) is 18.4 Å². The highest BCUT2D eigenvalue weighted by Gasteiger charge is 2.25. The maximum Gasteiger partial charge on any atom is 0.329 e. The van der Waals surface area contributed by atoms with Gasteiger partial charge in [-0.3, -0.25) is 4.68 Å². The van der Waals surface area contributed by atoms with Gasteiger partial charge in [0.2, 0.25) is 0 Å². The highest BCUT2D eigenvalue weighted by atomic mass is 35.5. The summed E-state index contributed by atoms with van der Waals surface area (Å²) in [6, 6.07) is 18.4. The highest BCUT2D eigenvalue weighted by Crippen LogP contribution is 2.37. The fraction of sp³-hybridized carbons (Fsp3) is 0.407. The molecule has 1 aliphatic carbocycles. The van der Waals surface area contributed by atoms with E-state index in [2.05, 4.69) is 41.9 Å². The van der Waals surface area contributed by atoms with Crippen LogP contribution in [0.25, 0.3) is 22.4 Å². The van der Waals surface area contributed by atoms with Crippen LogP contribution in [0.1, 0.15) is 38.3 Å². The molecule has 1 aliphatic rings. The summed E-state index contributed by atoms with van der Waals surface area (Å²) in [5, 5.41) is 14.6. The van der Waals surface area contributed by atoms with Gasteiger partial charge in [0.25, 0.3) is 0 Å². The minimum absolute atomic E-state index is 0.207. The van der Waals surface area contributed by atoms with Crippen LogP contribution in [0.15, 0.2) is 54.6 Å². The van der Waals surface area contributed by atoms with Gasteiger partial charge < -0.3 is 9.84 Å². The molecule has 0 amide bonds. The van der Waals surface area contributed by atoms with Crippen molar-refractivity contribution in [3.63, 3.8) is 0 Å². The first-order chi connectivity index (χ1) is 16.0. The van der Waals surface area contributed by atoms with Gasteiger partial charge in [-0.1, -0.05) is 61.0 Å². The molecule has 33 heavy (non-hydrogen) atoms. The Balaban J connectivity index is 1.56. The van der Waals surface area contributed by atoms with Gasteiger partial charge in [-0.25, -0.2) is 4.79 Å². The number of halogens is 1. The molecule has 0 bridgehead atoms. The molecule has 5 nitrogen and oxygen atoms in total. The lowest BCUT2D eigenvalue weighted by Crippen LogP contribution is -2.23. The molecule has 4 rings (SSSR count). The summed E-state index contributed by atoms with van der Waals surface area (Å²) >= 11 is 6.35. The number of rotatable bonds is 9. The van der Waals surface area contributed by atoms with Crippen LogP contribution in [0, 0.1) is 11.8 Å². The van der Waals surface area contributed by atoms with Crippen molar-refractivity contribution in [2.24, 2.45) is 11.8 Å². The van der Waals surface area contributed by atoms with Crippen LogP contribution in [-0.2, 0) is 22.5 Å². The second kappa shape index (κ2) is 11.0. The van der Waals surface area contributed by atoms with Crippen LogP contribution in [-0.4, -0.2) is 34.1 Å². The van der Waals surface area contributed by atoms with Gasteiger partial charge in [-0.05, 0) is 61.6 Å². The minimum atomic E-state index is -0.904. The lowest BCUT2D eigenvalue weighted by Gasteiger charge is -2.28. The summed E-state index contributed by atoms with van der Waals surface area (Å²) in [6.07, 6.45) is 5.24. The highest BCUT2D eigenvalue weighted by molar-refractivity contribution is 6.30. The zero-order valence-corrected chi connectivity index (χ0v) is 19.8. The van der Waals surface area contributed by atoms with Gasteiger partial charge in [0.15, 0.2) is 0 Å². The monoisotopic (exact) mass is 466 g/mol. The van der Waals surface area contributed by atoms with Crippen molar-refractivity contribution >= 4 is 17.6 Å². The number of carbonyl (C=O) groups is 1. The van der Waals surface area contributed by atoms with Gasteiger partial charge >= 0.3 is 5.97 Å². The van der Waals surface area contributed by atoms with Gasteiger partial charge in [-0.15, -0.1) is 0 Å². The van der Waals surface area contributed by atoms with E-state index in [0.717, 1.165) is 60.5 Å². The van der Waals surface area contributed by atoms with Crippen LogP contribution in [0.2, 0.25) is 5.02 Å². The minimum Gasteiger partial charge on any atom is -0.480 e. The summed E-state index contributed by atoms with van der Waals surface area (Å²) in [5.41, 5.74) is 5.62. The maximum atomic E-state index is 10.7. The van der Waals surface area contributed by atoms with Crippen LogP contribution in [0.3, 0.4) is 0 Å². The number of aliphatic carboxylic acids is 1. The Morgan fingerprint density at radius 3 is 2.42 bits per heavy atom. The Morgan fingerprint density at radius 1 is 1.06 bits per heavy atom. The number of nitrogens with zero attached hydrogens (tertiary/aromatic N) is 2. The van der Waals surface area contributed by atoms with E-state index in [1.165, 1.54) is 11.3 Å². The molecule has 1 aromatic heterocycles. The molecule has 0 unspecified atom stereocenters. The summed E-state index contributed by atoms with van der Waals surface area (Å²) in [7, 11) is 0. The molecule has 0 aliphatic heterocycles. The number of benzene rings is 2. The van der Waals surface area contributed by atoms with E-state index in [1.807, 2.05) is 24.3 Å². The second-order valence-corrected chi connectivity index (χ2v) is 9.31. The number of hydrogen-bond donors (Lipinski definition) is 1. The second-order valence-electron chi connectivity index (χ2n) is 8.88. The van der Waals surface area contributed by atoms with Gasteiger partial charge in [0.1, 0.15) is 12.3 Å². The first kappa shape index (κ1) is 23.5. The molecule has 174 valence electrons. The maximum absolute atomic E-state index is 10.7. The quantitative estimate of drug-likeness (QED) is 0.399. The van der Waals surface area contributed by atoms with Crippen LogP contribution >= 0.6 is 11.6 Å². The van der Waals surface area contributed by atoms with E-state index < -0.39 is 5.97 Å². The number of ether oxygens (including phenoxy) is 1. The predicted molar refractivity (Wildman–Crippen MR) is 131 cm³/mol. The standard InChI is InChI=1S/C27H31ClN2O3/c1-2-24-26(22-9-6-10-23(28)15-22)27(21-7-4-3-5-8-21)29-30(24)16-19-11-13-20(14-12-19)17-33-18-25(31)32/h3-10,15,19-20H,2,11-14,16-18H2,1H3,(H,31,32)/t19-,20-. The Bertz CT molecular complexity index is 1070. The summed E-state index contributed by atoms with van der Waals surface area (Å²) in [4.78, 5) is 10.7. The van der Waals surface area contributed by atoms with Crippen molar-refractivity contribution in [2.45, 2.75) is 45.6 Å². The normalized spacial score (nSPS) is 18.4. The van der Waals surface area contributed by atoms with E-state index in [4.69, 9.17) is 26.5 Å².